The van der Waals surface area contributed by atoms with Crippen molar-refractivity contribution in [1.29, 1.82) is 5.26 Å². The molecule has 0 bridgehead atoms. The monoisotopic (exact) mass is 210 g/mol. The molecule has 1 aromatic heterocycles. The van der Waals surface area contributed by atoms with Crippen LogP contribution in [0.3, 0.4) is 0 Å². The fourth-order valence-corrected chi connectivity index (χ4v) is 1.64. The Kier molecular flexibility index (Phi) is 2.93. The molecule has 0 N–H and O–H groups in total. The third-order valence-corrected chi connectivity index (χ3v) is 2.41. The van der Waals surface area contributed by atoms with Gasteiger partial charge in [-0.05, 0) is 12.1 Å². The molecule has 2 rings (SSSR count). The summed E-state index contributed by atoms with van der Waals surface area (Å²) in [6.07, 6.45) is 2.15. The van der Waals surface area contributed by atoms with Crippen LogP contribution in [-0.2, 0) is 0 Å². The maximum Gasteiger partial charge on any atom is 0.164 e. The van der Waals surface area contributed by atoms with Crippen LogP contribution in [0.2, 0.25) is 0 Å². The summed E-state index contributed by atoms with van der Waals surface area (Å²) in [7, 11) is 0. The van der Waals surface area contributed by atoms with Crippen LogP contribution < -0.4 is 0 Å². The van der Waals surface area contributed by atoms with E-state index in [0.717, 1.165) is 10.9 Å². The van der Waals surface area contributed by atoms with E-state index in [-0.39, 0.29) is 18.6 Å². The van der Waals surface area contributed by atoms with Crippen LogP contribution >= 0.6 is 0 Å². The van der Waals surface area contributed by atoms with Crippen molar-refractivity contribution in [2.75, 3.05) is 0 Å². The van der Waals surface area contributed by atoms with Gasteiger partial charge in [-0.1, -0.05) is 18.2 Å². The normalized spacial score (nSPS) is 9.94. The number of carbonyl (C=O) groups is 1. The van der Waals surface area contributed by atoms with Crippen molar-refractivity contribution < 1.29 is 4.79 Å². The SMILES string of the molecule is N#CCCC(=O)c1ccnc2ccccc12. The molecular formula is C13H10N2O. The lowest BCUT2D eigenvalue weighted by atomic mass is 10.0. The molecule has 3 nitrogen and oxygen atoms in total. The summed E-state index contributed by atoms with van der Waals surface area (Å²) in [4.78, 5) is 16.0. The third-order valence-electron chi connectivity index (χ3n) is 2.41. The fraction of sp³-hybridized carbons (Fsp3) is 0.154. The number of carbonyl (C=O) groups excluding carboxylic acids is 1. The van der Waals surface area contributed by atoms with Crippen LogP contribution in [0.15, 0.2) is 36.5 Å². The number of nitriles is 1. The van der Waals surface area contributed by atoms with Crippen molar-refractivity contribution in [3.8, 4) is 6.07 Å². The van der Waals surface area contributed by atoms with Gasteiger partial charge in [0.15, 0.2) is 5.78 Å². The molecule has 0 saturated heterocycles. The summed E-state index contributed by atoms with van der Waals surface area (Å²) in [6.45, 7) is 0. The Hall–Kier alpha value is -2.21. The molecule has 0 spiro atoms. The van der Waals surface area contributed by atoms with Gasteiger partial charge in [0.1, 0.15) is 0 Å². The number of Topliss-reactive ketones (excluding diaryl/α,β-unsaturated/α-hetero) is 1. The average molecular weight is 210 g/mol. The van der Waals surface area contributed by atoms with Gasteiger partial charge in [0, 0.05) is 30.0 Å². The molecule has 0 aliphatic carbocycles. The highest BCUT2D eigenvalue weighted by Crippen LogP contribution is 2.17. The molecule has 0 unspecified atom stereocenters. The van der Waals surface area contributed by atoms with E-state index in [1.807, 2.05) is 30.3 Å². The van der Waals surface area contributed by atoms with Crippen LogP contribution in [0.1, 0.15) is 23.2 Å². The van der Waals surface area contributed by atoms with Crippen molar-refractivity contribution in [2.45, 2.75) is 12.8 Å². The molecule has 3 heteroatoms. The van der Waals surface area contributed by atoms with Crippen LogP contribution in [-0.4, -0.2) is 10.8 Å². The molecule has 0 aliphatic rings. The highest BCUT2D eigenvalue weighted by Gasteiger charge is 2.09. The number of ketones is 1. The number of hydrogen-bond acceptors (Lipinski definition) is 3. The van der Waals surface area contributed by atoms with Gasteiger partial charge >= 0.3 is 0 Å². The standard InChI is InChI=1S/C13H10N2O/c14-8-3-6-13(16)11-7-9-15-12-5-2-1-4-10(11)12/h1-2,4-5,7,9H,3,6H2. The molecule has 0 saturated carbocycles. The number of pyridine rings is 1. The molecule has 78 valence electrons. The second kappa shape index (κ2) is 4.54. The zero-order valence-electron chi connectivity index (χ0n) is 8.68. The summed E-state index contributed by atoms with van der Waals surface area (Å²) in [5, 5.41) is 9.32. The molecule has 0 aliphatic heterocycles. The van der Waals surface area contributed by atoms with Gasteiger partial charge in [-0.25, -0.2) is 0 Å². The molecule has 0 amide bonds. The van der Waals surface area contributed by atoms with Crippen LogP contribution in [0.4, 0.5) is 0 Å². The maximum absolute atomic E-state index is 11.8. The van der Waals surface area contributed by atoms with Gasteiger partial charge in [0.2, 0.25) is 0 Å². The first kappa shape index (κ1) is 10.3. The van der Waals surface area contributed by atoms with E-state index in [2.05, 4.69) is 4.98 Å². The number of aromatic nitrogens is 1. The molecule has 2 aromatic rings. The topological polar surface area (TPSA) is 53.8 Å². The zero-order valence-corrected chi connectivity index (χ0v) is 8.68. The third kappa shape index (κ3) is 1.91. The van der Waals surface area contributed by atoms with Crippen molar-refractivity contribution in [3.63, 3.8) is 0 Å². The van der Waals surface area contributed by atoms with Crippen LogP contribution in [0.5, 0.6) is 0 Å². The van der Waals surface area contributed by atoms with Gasteiger partial charge in [-0.3, -0.25) is 9.78 Å². The zero-order chi connectivity index (χ0) is 11.4. The summed E-state index contributed by atoms with van der Waals surface area (Å²) in [6, 6.07) is 11.2. The Morgan fingerprint density at radius 1 is 1.31 bits per heavy atom. The minimum absolute atomic E-state index is 0.000139. The first-order chi connectivity index (χ1) is 7.83. The van der Waals surface area contributed by atoms with Crippen molar-refractivity contribution in [3.05, 3.63) is 42.1 Å². The smallest absolute Gasteiger partial charge is 0.164 e. The lowest BCUT2D eigenvalue weighted by molar-refractivity contribution is 0.0985. The summed E-state index contributed by atoms with van der Waals surface area (Å²) >= 11 is 0. The summed E-state index contributed by atoms with van der Waals surface area (Å²) < 4.78 is 0. The quantitative estimate of drug-likeness (QED) is 0.732. The summed E-state index contributed by atoms with van der Waals surface area (Å²) in [5.41, 5.74) is 1.46. The number of rotatable bonds is 3. The second-order valence-electron chi connectivity index (χ2n) is 3.46. The highest BCUT2D eigenvalue weighted by atomic mass is 16.1. The molecule has 1 aromatic carbocycles. The Labute approximate surface area is 93.3 Å². The number of nitrogens with zero attached hydrogens (tertiary/aromatic N) is 2. The number of benzene rings is 1. The Balaban J connectivity index is 2.45. The molecule has 16 heavy (non-hydrogen) atoms. The molecular weight excluding hydrogens is 200 g/mol. The maximum atomic E-state index is 11.8. The van der Waals surface area contributed by atoms with E-state index < -0.39 is 0 Å². The van der Waals surface area contributed by atoms with Gasteiger partial charge in [0.05, 0.1) is 11.6 Å². The fourth-order valence-electron chi connectivity index (χ4n) is 1.64. The first-order valence-corrected chi connectivity index (χ1v) is 5.07. The molecule has 0 fully saturated rings. The van der Waals surface area contributed by atoms with Crippen LogP contribution in [0, 0.1) is 11.3 Å². The number of fused-ring (bicyclic) bond motifs is 1. The minimum Gasteiger partial charge on any atom is -0.294 e. The van der Waals surface area contributed by atoms with E-state index in [0.29, 0.717) is 5.56 Å². The van der Waals surface area contributed by atoms with E-state index in [1.54, 1.807) is 12.3 Å². The lowest BCUT2D eigenvalue weighted by Crippen LogP contribution is -2.00. The Bertz CT molecular complexity index is 564. The van der Waals surface area contributed by atoms with Gasteiger partial charge in [-0.15, -0.1) is 0 Å². The highest BCUT2D eigenvalue weighted by molar-refractivity contribution is 6.07. The summed E-state index contributed by atoms with van der Waals surface area (Å²) in [5.74, 6) is 0.000139. The Morgan fingerprint density at radius 2 is 2.12 bits per heavy atom. The van der Waals surface area contributed by atoms with Gasteiger partial charge < -0.3 is 0 Å². The van der Waals surface area contributed by atoms with E-state index in [9.17, 15) is 4.79 Å². The lowest BCUT2D eigenvalue weighted by Gasteiger charge is -2.03. The Morgan fingerprint density at radius 3 is 2.94 bits per heavy atom. The number of hydrogen-bond donors (Lipinski definition) is 0. The molecule has 0 atom stereocenters. The molecule has 1 heterocycles. The van der Waals surface area contributed by atoms with Crippen molar-refractivity contribution >= 4 is 16.7 Å². The predicted molar refractivity (Wildman–Crippen MR) is 60.9 cm³/mol. The van der Waals surface area contributed by atoms with Gasteiger partial charge in [-0.2, -0.15) is 5.26 Å². The average Bonchev–Trinajstić information content (AvgIpc) is 2.35. The number of para-hydroxylation sites is 1. The van der Waals surface area contributed by atoms with Crippen LogP contribution in [0.25, 0.3) is 10.9 Å². The first-order valence-electron chi connectivity index (χ1n) is 5.07. The van der Waals surface area contributed by atoms with Crippen molar-refractivity contribution in [2.24, 2.45) is 0 Å². The molecule has 0 radical (unpaired) electrons. The second-order valence-corrected chi connectivity index (χ2v) is 3.46. The van der Waals surface area contributed by atoms with Crippen molar-refractivity contribution in [1.82, 2.24) is 4.98 Å². The largest absolute Gasteiger partial charge is 0.294 e. The van der Waals surface area contributed by atoms with E-state index in [4.69, 9.17) is 5.26 Å². The van der Waals surface area contributed by atoms with E-state index >= 15 is 0 Å². The van der Waals surface area contributed by atoms with E-state index in [1.165, 1.54) is 0 Å². The predicted octanol–water partition coefficient (Wildman–Crippen LogP) is 2.72. The minimum atomic E-state index is 0.000139. The van der Waals surface area contributed by atoms with Gasteiger partial charge in [0.25, 0.3) is 0 Å².